The molecule has 0 bridgehead atoms. The van der Waals surface area contributed by atoms with Gasteiger partial charge in [0.05, 0.1) is 12.7 Å². The number of ether oxygens (including phenoxy) is 1. The van der Waals surface area contributed by atoms with Crippen molar-refractivity contribution in [1.29, 1.82) is 0 Å². The van der Waals surface area contributed by atoms with Crippen LogP contribution in [-0.4, -0.2) is 83.7 Å². The molecule has 1 fully saturated rings. The molecule has 1 aliphatic rings. The molecule has 1 atom stereocenters. The molecule has 0 aromatic carbocycles. The van der Waals surface area contributed by atoms with Crippen LogP contribution in [0.15, 0.2) is 0 Å². The summed E-state index contributed by atoms with van der Waals surface area (Å²) >= 11 is 0. The summed E-state index contributed by atoms with van der Waals surface area (Å²) in [6.45, 7) is 7.06. The summed E-state index contributed by atoms with van der Waals surface area (Å²) in [6.07, 6.45) is 1.82. The van der Waals surface area contributed by atoms with Gasteiger partial charge in [-0.25, -0.2) is 0 Å². The number of morpholine rings is 1. The molecule has 0 saturated carbocycles. The van der Waals surface area contributed by atoms with Gasteiger partial charge in [0.1, 0.15) is 0 Å². The predicted octanol–water partition coefficient (Wildman–Crippen LogP) is -0.527. The van der Waals surface area contributed by atoms with Gasteiger partial charge in [0.15, 0.2) is 0 Å². The van der Waals surface area contributed by atoms with E-state index in [1.807, 2.05) is 7.05 Å². The van der Waals surface area contributed by atoms with E-state index in [9.17, 15) is 8.42 Å². The Labute approximate surface area is 129 Å². The molecule has 1 saturated heterocycles. The predicted molar refractivity (Wildman–Crippen MR) is 84.6 cm³/mol. The van der Waals surface area contributed by atoms with Crippen molar-refractivity contribution < 1.29 is 13.2 Å². The third kappa shape index (κ3) is 7.53. The highest BCUT2D eigenvalue weighted by atomic mass is 32.2. The van der Waals surface area contributed by atoms with Crippen molar-refractivity contribution in [2.45, 2.75) is 25.9 Å². The molecule has 21 heavy (non-hydrogen) atoms. The van der Waals surface area contributed by atoms with Crippen LogP contribution in [0, 0.1) is 0 Å². The summed E-state index contributed by atoms with van der Waals surface area (Å²) in [5.74, 6) is 0. The largest absolute Gasteiger partial charge is 0.374 e. The van der Waals surface area contributed by atoms with Gasteiger partial charge in [0, 0.05) is 33.2 Å². The molecule has 0 aromatic heterocycles. The first kappa shape index (κ1) is 18.8. The highest BCUT2D eigenvalue weighted by Gasteiger charge is 2.22. The maximum Gasteiger partial charge on any atom is 0.279 e. The molecular weight excluding hydrogens is 292 g/mol. The smallest absolute Gasteiger partial charge is 0.279 e. The molecule has 1 heterocycles. The van der Waals surface area contributed by atoms with Crippen LogP contribution in [-0.2, 0) is 14.9 Å². The van der Waals surface area contributed by atoms with Gasteiger partial charge in [-0.2, -0.15) is 17.4 Å². The van der Waals surface area contributed by atoms with Gasteiger partial charge in [-0.1, -0.05) is 6.92 Å². The van der Waals surface area contributed by atoms with Crippen molar-refractivity contribution in [2.24, 2.45) is 0 Å². The maximum atomic E-state index is 12.1. The van der Waals surface area contributed by atoms with Crippen LogP contribution in [0.3, 0.4) is 0 Å². The topological polar surface area (TPSA) is 73.9 Å². The van der Waals surface area contributed by atoms with Crippen molar-refractivity contribution in [3.63, 3.8) is 0 Å². The van der Waals surface area contributed by atoms with Crippen molar-refractivity contribution in [2.75, 3.05) is 60.0 Å². The van der Waals surface area contributed by atoms with E-state index >= 15 is 0 Å². The fourth-order valence-corrected chi connectivity index (χ4v) is 3.13. The summed E-state index contributed by atoms with van der Waals surface area (Å²) in [6, 6.07) is 0. The number of hydrogen-bond donors (Lipinski definition) is 2. The summed E-state index contributed by atoms with van der Waals surface area (Å²) < 4.78 is 33.7. The molecule has 8 heteroatoms. The van der Waals surface area contributed by atoms with Crippen LogP contribution in [0.4, 0.5) is 0 Å². The van der Waals surface area contributed by atoms with Crippen LogP contribution in [0.25, 0.3) is 0 Å². The lowest BCUT2D eigenvalue weighted by Gasteiger charge is -2.30. The minimum Gasteiger partial charge on any atom is -0.374 e. The van der Waals surface area contributed by atoms with Gasteiger partial charge in [-0.3, -0.25) is 0 Å². The molecule has 0 aliphatic carbocycles. The zero-order chi connectivity index (χ0) is 15.7. The molecule has 1 aliphatic heterocycles. The number of nitrogens with one attached hydrogen (secondary N) is 2. The van der Waals surface area contributed by atoms with Crippen LogP contribution < -0.4 is 10.0 Å². The summed E-state index contributed by atoms with van der Waals surface area (Å²) in [4.78, 5) is 2.14. The normalized spacial score (nSPS) is 21.0. The second-order valence-electron chi connectivity index (χ2n) is 5.53. The molecule has 0 aromatic rings. The molecule has 0 radical (unpaired) electrons. The summed E-state index contributed by atoms with van der Waals surface area (Å²) in [5.41, 5.74) is 0. The van der Waals surface area contributed by atoms with Crippen molar-refractivity contribution in [1.82, 2.24) is 19.2 Å². The fraction of sp³-hybridized carbons (Fsp3) is 1.00. The average Bonchev–Trinajstić information content (AvgIpc) is 2.45. The highest BCUT2D eigenvalue weighted by Crippen LogP contribution is 2.03. The molecule has 1 rings (SSSR count). The van der Waals surface area contributed by atoms with E-state index in [0.717, 1.165) is 39.0 Å². The number of nitrogens with zero attached hydrogens (tertiary/aromatic N) is 2. The Morgan fingerprint density at radius 1 is 1.38 bits per heavy atom. The zero-order valence-electron chi connectivity index (χ0n) is 13.5. The molecule has 0 amide bonds. The third-order valence-corrected chi connectivity index (χ3v) is 5.03. The van der Waals surface area contributed by atoms with E-state index in [4.69, 9.17) is 4.74 Å². The first-order valence-electron chi connectivity index (χ1n) is 7.67. The second kappa shape index (κ2) is 9.70. The maximum absolute atomic E-state index is 12.1. The van der Waals surface area contributed by atoms with E-state index in [1.165, 1.54) is 4.31 Å². The quantitative estimate of drug-likeness (QED) is 0.529. The van der Waals surface area contributed by atoms with Crippen LogP contribution in [0.1, 0.15) is 19.8 Å². The Bertz CT molecular complexity index is 378. The van der Waals surface area contributed by atoms with Gasteiger partial charge in [-0.05, 0) is 33.0 Å². The Morgan fingerprint density at radius 3 is 2.81 bits per heavy atom. The van der Waals surface area contributed by atoms with Gasteiger partial charge in [0.2, 0.25) is 0 Å². The minimum absolute atomic E-state index is 0.0712. The standard InChI is InChI=1S/C13H30N4O3S/c1-4-6-14-7-5-8-17(3)21(18,19)15-11-13-12-16(2)9-10-20-13/h13-15H,4-12H2,1-3H3. The van der Waals surface area contributed by atoms with Crippen LogP contribution >= 0.6 is 0 Å². The molecule has 0 spiro atoms. The Kier molecular flexibility index (Phi) is 8.69. The van der Waals surface area contributed by atoms with Gasteiger partial charge in [-0.15, -0.1) is 0 Å². The van der Waals surface area contributed by atoms with E-state index in [2.05, 4.69) is 21.9 Å². The van der Waals surface area contributed by atoms with Gasteiger partial charge >= 0.3 is 0 Å². The number of rotatable bonds is 10. The van der Waals surface area contributed by atoms with Crippen LogP contribution in [0.2, 0.25) is 0 Å². The third-order valence-electron chi connectivity index (χ3n) is 3.50. The Balaban J connectivity index is 2.24. The van der Waals surface area contributed by atoms with Crippen molar-refractivity contribution >= 4 is 10.2 Å². The van der Waals surface area contributed by atoms with Crippen molar-refractivity contribution in [3.05, 3.63) is 0 Å². The van der Waals surface area contributed by atoms with E-state index in [0.29, 0.717) is 19.7 Å². The van der Waals surface area contributed by atoms with Crippen LogP contribution in [0.5, 0.6) is 0 Å². The lowest BCUT2D eigenvalue weighted by molar-refractivity contribution is -0.0157. The SMILES string of the molecule is CCCNCCCN(C)S(=O)(=O)NCC1CN(C)CCO1. The molecule has 7 nitrogen and oxygen atoms in total. The molecule has 126 valence electrons. The molecular formula is C13H30N4O3S. The molecule has 2 N–H and O–H groups in total. The summed E-state index contributed by atoms with van der Waals surface area (Å²) in [5, 5.41) is 3.26. The second-order valence-corrected chi connectivity index (χ2v) is 7.40. The first-order valence-corrected chi connectivity index (χ1v) is 9.11. The first-order chi connectivity index (χ1) is 9.95. The highest BCUT2D eigenvalue weighted by molar-refractivity contribution is 7.87. The average molecular weight is 322 g/mol. The summed E-state index contributed by atoms with van der Waals surface area (Å²) in [7, 11) is 0.208. The van der Waals surface area contributed by atoms with Gasteiger partial charge in [0.25, 0.3) is 10.2 Å². The van der Waals surface area contributed by atoms with E-state index in [-0.39, 0.29) is 6.10 Å². The number of hydrogen-bond acceptors (Lipinski definition) is 5. The minimum atomic E-state index is -3.41. The molecule has 1 unspecified atom stereocenters. The van der Waals surface area contributed by atoms with E-state index < -0.39 is 10.2 Å². The van der Waals surface area contributed by atoms with Gasteiger partial charge < -0.3 is 15.0 Å². The Morgan fingerprint density at radius 2 is 2.14 bits per heavy atom. The fourth-order valence-electron chi connectivity index (χ4n) is 2.15. The lowest BCUT2D eigenvalue weighted by atomic mass is 10.3. The lowest BCUT2D eigenvalue weighted by Crippen LogP contribution is -2.48. The van der Waals surface area contributed by atoms with E-state index in [1.54, 1.807) is 7.05 Å². The zero-order valence-corrected chi connectivity index (χ0v) is 14.3. The Hall–Kier alpha value is -0.250. The van der Waals surface area contributed by atoms with Crippen molar-refractivity contribution in [3.8, 4) is 0 Å². The number of likely N-dealkylation sites (N-methyl/N-ethyl adjacent to an activating group) is 1. The monoisotopic (exact) mass is 322 g/mol.